The Hall–Kier alpha value is -1.27. The van der Waals surface area contributed by atoms with Crippen LogP contribution in [0.1, 0.15) is 0 Å². The van der Waals surface area contributed by atoms with Gasteiger partial charge in [-0.1, -0.05) is 69.6 Å². The Kier molecular flexibility index (Phi) is 3.98. The highest BCUT2D eigenvalue weighted by atomic mass is 28.3. The number of nitrogens with zero attached hydrogens (tertiary/aromatic N) is 2. The van der Waals surface area contributed by atoms with Crippen LogP contribution in [0.4, 0.5) is 0 Å². The summed E-state index contributed by atoms with van der Waals surface area (Å²) < 4.78 is 0. The maximum absolute atomic E-state index is 4.50. The van der Waals surface area contributed by atoms with Crippen molar-refractivity contribution in [3.63, 3.8) is 0 Å². The maximum Gasteiger partial charge on any atom is 0.0920 e. The Morgan fingerprint density at radius 2 is 1.40 bits per heavy atom. The second-order valence-electron chi connectivity index (χ2n) is 7.35. The first-order valence-corrected chi connectivity index (χ1v) is 14.1. The zero-order chi connectivity index (χ0) is 15.0. The fourth-order valence-corrected chi connectivity index (χ4v) is 7.85. The van der Waals surface area contributed by atoms with Gasteiger partial charge in [0.2, 0.25) is 0 Å². The topological polar surface area (TPSA) is 25.8 Å². The number of hydrogen-bond donors (Lipinski definition) is 0. The molecule has 2 nitrogen and oxygen atoms in total. The Balaban J connectivity index is 2.77. The van der Waals surface area contributed by atoms with Gasteiger partial charge in [0.1, 0.15) is 0 Å². The van der Waals surface area contributed by atoms with E-state index in [4.69, 9.17) is 0 Å². The zero-order valence-electron chi connectivity index (χ0n) is 13.4. The van der Waals surface area contributed by atoms with Gasteiger partial charge in [-0.05, 0) is 10.4 Å². The minimum atomic E-state index is -1.48. The Morgan fingerprint density at radius 1 is 0.800 bits per heavy atom. The van der Waals surface area contributed by atoms with Crippen LogP contribution in [0.2, 0.25) is 39.3 Å². The van der Waals surface area contributed by atoms with E-state index in [1.54, 1.807) is 0 Å². The van der Waals surface area contributed by atoms with E-state index in [-0.39, 0.29) is 0 Å². The average Bonchev–Trinajstić information content (AvgIpc) is 2.37. The smallest absolute Gasteiger partial charge is 0.0920 e. The van der Waals surface area contributed by atoms with Crippen LogP contribution in [-0.4, -0.2) is 26.3 Å². The fraction of sp³-hybridized carbons (Fsp3) is 0.375. The molecule has 0 fully saturated rings. The molecule has 1 aromatic heterocycles. The molecule has 0 aliphatic rings. The summed E-state index contributed by atoms with van der Waals surface area (Å²) in [5, 5.41) is 11.8. The van der Waals surface area contributed by atoms with Gasteiger partial charge in [0.05, 0.1) is 21.8 Å². The third-order valence-electron chi connectivity index (χ3n) is 3.46. The molecule has 0 saturated carbocycles. The highest BCUT2D eigenvalue weighted by Crippen LogP contribution is 2.18. The molecule has 0 spiro atoms. The molecule has 0 bridgehead atoms. The van der Waals surface area contributed by atoms with Crippen molar-refractivity contribution in [3.05, 3.63) is 36.5 Å². The molecule has 0 aliphatic carbocycles. The molecule has 0 atom stereocenters. The first-order chi connectivity index (χ1) is 9.21. The Labute approximate surface area is 124 Å². The van der Waals surface area contributed by atoms with Gasteiger partial charge in [0.25, 0.3) is 0 Å². The average molecular weight is 301 g/mol. The molecule has 4 heteroatoms. The molecule has 1 aromatic carbocycles. The van der Waals surface area contributed by atoms with Crippen LogP contribution in [0.15, 0.2) is 36.5 Å². The maximum atomic E-state index is 4.50. The quantitative estimate of drug-likeness (QED) is 0.813. The third kappa shape index (κ3) is 3.07. The van der Waals surface area contributed by atoms with Gasteiger partial charge in [-0.25, -0.2) is 0 Å². The number of hydrogen-bond acceptors (Lipinski definition) is 2. The summed E-state index contributed by atoms with van der Waals surface area (Å²) in [4.78, 5) is 0. The van der Waals surface area contributed by atoms with Crippen molar-refractivity contribution in [1.82, 2.24) is 10.2 Å². The van der Waals surface area contributed by atoms with E-state index in [1.807, 2.05) is 12.3 Å². The molecular formula is C16H24N2Si2. The molecule has 0 N–H and O–H groups in total. The Bertz CT molecular complexity index is 596. The lowest BCUT2D eigenvalue weighted by atomic mass is 10.1. The number of benzene rings is 1. The lowest BCUT2D eigenvalue weighted by Gasteiger charge is -2.29. The van der Waals surface area contributed by atoms with Gasteiger partial charge >= 0.3 is 0 Å². The molecule has 0 saturated heterocycles. The van der Waals surface area contributed by atoms with Crippen molar-refractivity contribution >= 4 is 26.5 Å². The summed E-state index contributed by atoms with van der Waals surface area (Å²) in [6.07, 6.45) is 2.02. The van der Waals surface area contributed by atoms with Crippen LogP contribution in [0.25, 0.3) is 11.3 Å². The largest absolute Gasteiger partial charge is 0.159 e. The predicted molar refractivity (Wildman–Crippen MR) is 93.4 cm³/mol. The summed E-state index contributed by atoms with van der Waals surface area (Å²) in [7, 11) is -2.90. The molecule has 1 heterocycles. The van der Waals surface area contributed by atoms with E-state index in [0.29, 0.717) is 0 Å². The van der Waals surface area contributed by atoms with Crippen molar-refractivity contribution in [3.8, 4) is 11.3 Å². The molecule has 0 aliphatic heterocycles. The monoisotopic (exact) mass is 300 g/mol. The van der Waals surface area contributed by atoms with E-state index in [9.17, 15) is 0 Å². The molecule has 0 radical (unpaired) electrons. The minimum absolute atomic E-state index is 1.10. The van der Waals surface area contributed by atoms with E-state index in [1.165, 1.54) is 15.9 Å². The van der Waals surface area contributed by atoms with Crippen LogP contribution in [-0.2, 0) is 0 Å². The molecular weight excluding hydrogens is 276 g/mol. The summed E-state index contributed by atoms with van der Waals surface area (Å²) in [6, 6.07) is 10.5. The Morgan fingerprint density at radius 3 is 1.90 bits per heavy atom. The summed E-state index contributed by atoms with van der Waals surface area (Å²) in [5.41, 5.74) is 2.29. The van der Waals surface area contributed by atoms with E-state index in [2.05, 4.69) is 73.7 Å². The van der Waals surface area contributed by atoms with E-state index >= 15 is 0 Å². The van der Waals surface area contributed by atoms with Crippen molar-refractivity contribution in [2.45, 2.75) is 39.3 Å². The highest BCUT2D eigenvalue weighted by molar-refractivity contribution is 6.99. The van der Waals surface area contributed by atoms with Gasteiger partial charge in [-0.2, -0.15) is 10.2 Å². The number of rotatable bonds is 3. The molecule has 20 heavy (non-hydrogen) atoms. The van der Waals surface area contributed by atoms with Crippen LogP contribution in [0.3, 0.4) is 0 Å². The van der Waals surface area contributed by atoms with Crippen LogP contribution in [0, 0.1) is 0 Å². The predicted octanol–water partition coefficient (Wildman–Crippen LogP) is 3.23. The normalized spacial score (nSPS) is 12.5. The second-order valence-corrected chi connectivity index (χ2v) is 17.4. The zero-order valence-corrected chi connectivity index (χ0v) is 15.4. The molecule has 0 amide bonds. The third-order valence-corrected chi connectivity index (χ3v) is 7.71. The van der Waals surface area contributed by atoms with Gasteiger partial charge < -0.3 is 0 Å². The number of aromatic nitrogens is 2. The molecule has 106 valence electrons. The second kappa shape index (κ2) is 5.26. The van der Waals surface area contributed by atoms with Gasteiger partial charge in [0.15, 0.2) is 0 Å². The molecule has 0 unspecified atom stereocenters. The van der Waals surface area contributed by atoms with Crippen molar-refractivity contribution < 1.29 is 0 Å². The van der Waals surface area contributed by atoms with E-state index in [0.717, 1.165) is 5.69 Å². The summed E-state index contributed by atoms with van der Waals surface area (Å²) in [6.45, 7) is 14.4. The van der Waals surface area contributed by atoms with Crippen molar-refractivity contribution in [2.75, 3.05) is 0 Å². The highest BCUT2D eigenvalue weighted by Gasteiger charge is 2.31. The van der Waals surface area contributed by atoms with Crippen molar-refractivity contribution in [1.29, 1.82) is 0 Å². The first-order valence-electron chi connectivity index (χ1n) is 7.13. The van der Waals surface area contributed by atoms with Crippen LogP contribution in [0.5, 0.6) is 0 Å². The standard InChI is InChI=1S/C16H24N2Si2/c1-19(2,3)14-12-17-18-15(16(14)20(4,5)6)13-10-8-7-9-11-13/h7-12H,1-6H3. The minimum Gasteiger partial charge on any atom is -0.159 e. The van der Waals surface area contributed by atoms with Crippen LogP contribution >= 0.6 is 0 Å². The fourth-order valence-electron chi connectivity index (χ4n) is 2.51. The molecule has 2 aromatic rings. The van der Waals surface area contributed by atoms with Crippen molar-refractivity contribution in [2.24, 2.45) is 0 Å². The first kappa shape index (κ1) is 15.1. The summed E-state index contributed by atoms with van der Waals surface area (Å²) in [5.74, 6) is 0. The molecule has 2 rings (SSSR count). The van der Waals surface area contributed by atoms with E-state index < -0.39 is 16.1 Å². The van der Waals surface area contributed by atoms with Gasteiger partial charge in [-0.15, -0.1) is 0 Å². The lowest BCUT2D eigenvalue weighted by molar-refractivity contribution is 1.05. The van der Waals surface area contributed by atoms with Crippen LogP contribution < -0.4 is 10.4 Å². The SMILES string of the molecule is C[Si](C)(C)c1cnnc(-c2ccccc2)c1[Si](C)(C)C. The summed E-state index contributed by atoms with van der Waals surface area (Å²) >= 11 is 0. The van der Waals surface area contributed by atoms with Gasteiger partial charge in [0, 0.05) is 11.8 Å². The van der Waals surface area contributed by atoms with Gasteiger partial charge in [-0.3, -0.25) is 0 Å². The lowest BCUT2D eigenvalue weighted by Crippen LogP contribution is -2.57.